The van der Waals surface area contributed by atoms with Crippen molar-refractivity contribution in [2.24, 2.45) is 0 Å². The van der Waals surface area contributed by atoms with Gasteiger partial charge >= 0.3 is 0 Å². The van der Waals surface area contributed by atoms with E-state index >= 15 is 0 Å². The zero-order valence-electron chi connectivity index (χ0n) is 6.11. The summed E-state index contributed by atoms with van der Waals surface area (Å²) in [6, 6.07) is 0. The number of carbonyl (C=O) groups is 1. The third kappa shape index (κ3) is 7.83. The molecule has 0 fully saturated rings. The monoisotopic (exact) mass is 198 g/mol. The van der Waals surface area contributed by atoms with Crippen LogP contribution in [0.2, 0.25) is 0 Å². The molecule has 0 aliphatic rings. The Labute approximate surface area is 70.1 Å². The second-order valence-corrected chi connectivity index (χ2v) is 4.58. The van der Waals surface area contributed by atoms with Gasteiger partial charge in [-0.2, -0.15) is 8.42 Å². The standard InChI is InChI=1S/C5H10O4S2/c1-2-5(6)10-3-4-11(7,8)9/h2-4H2,1H3,(H,7,8,9). The molecular weight excluding hydrogens is 188 g/mol. The van der Waals surface area contributed by atoms with Crippen molar-refractivity contribution in [2.45, 2.75) is 13.3 Å². The molecule has 0 aliphatic heterocycles. The van der Waals surface area contributed by atoms with Crippen LogP contribution in [0.3, 0.4) is 0 Å². The Hall–Kier alpha value is -0.0700. The van der Waals surface area contributed by atoms with Crippen molar-refractivity contribution in [1.29, 1.82) is 0 Å². The molecule has 0 radical (unpaired) electrons. The molecule has 4 nitrogen and oxygen atoms in total. The van der Waals surface area contributed by atoms with Crippen LogP contribution >= 0.6 is 11.8 Å². The van der Waals surface area contributed by atoms with Crippen molar-refractivity contribution >= 4 is 27.0 Å². The molecule has 0 bridgehead atoms. The number of carbonyl (C=O) groups excluding carboxylic acids is 1. The fraction of sp³-hybridized carbons (Fsp3) is 0.800. The molecule has 0 atom stereocenters. The second kappa shape index (κ2) is 4.74. The predicted molar refractivity (Wildman–Crippen MR) is 44.2 cm³/mol. The molecule has 0 saturated carbocycles. The van der Waals surface area contributed by atoms with Gasteiger partial charge in [0.2, 0.25) is 0 Å². The molecule has 1 N–H and O–H groups in total. The zero-order chi connectivity index (χ0) is 8.91. The topological polar surface area (TPSA) is 71.4 Å². The molecule has 0 aromatic rings. The summed E-state index contributed by atoms with van der Waals surface area (Å²) in [5, 5.41) is -0.0614. The maximum Gasteiger partial charge on any atom is 0.265 e. The van der Waals surface area contributed by atoms with Crippen LogP contribution in [0, 0.1) is 0 Å². The van der Waals surface area contributed by atoms with Crippen LogP contribution in [-0.4, -0.2) is 29.6 Å². The molecule has 0 rings (SSSR count). The largest absolute Gasteiger partial charge is 0.287 e. The highest BCUT2D eigenvalue weighted by Crippen LogP contribution is 2.04. The molecule has 0 saturated heterocycles. The van der Waals surface area contributed by atoms with Crippen LogP contribution in [0.15, 0.2) is 0 Å². The smallest absolute Gasteiger partial charge is 0.265 e. The van der Waals surface area contributed by atoms with Crippen LogP contribution in [0.4, 0.5) is 0 Å². The van der Waals surface area contributed by atoms with Crippen LogP contribution < -0.4 is 0 Å². The van der Waals surface area contributed by atoms with E-state index in [2.05, 4.69) is 0 Å². The maximum absolute atomic E-state index is 10.6. The van der Waals surface area contributed by atoms with Gasteiger partial charge in [-0.25, -0.2) is 0 Å². The fourth-order valence-corrected chi connectivity index (χ4v) is 1.97. The third-order valence-electron chi connectivity index (χ3n) is 0.893. The normalized spacial score (nSPS) is 11.5. The van der Waals surface area contributed by atoms with Crippen molar-refractivity contribution in [3.8, 4) is 0 Å². The molecule has 0 amide bonds. The highest BCUT2D eigenvalue weighted by atomic mass is 32.2. The Morgan fingerprint density at radius 2 is 2.09 bits per heavy atom. The van der Waals surface area contributed by atoms with E-state index in [4.69, 9.17) is 4.55 Å². The van der Waals surface area contributed by atoms with Crippen molar-refractivity contribution in [2.75, 3.05) is 11.5 Å². The van der Waals surface area contributed by atoms with Crippen molar-refractivity contribution in [3.63, 3.8) is 0 Å². The lowest BCUT2D eigenvalue weighted by Gasteiger charge is -1.94. The summed E-state index contributed by atoms with van der Waals surface area (Å²) >= 11 is 0.925. The molecule has 0 heterocycles. The number of thioether (sulfide) groups is 1. The summed E-state index contributed by atoms with van der Waals surface area (Å²) in [5.74, 6) is -0.227. The van der Waals surface area contributed by atoms with Crippen LogP contribution in [0.5, 0.6) is 0 Å². The SMILES string of the molecule is CCC(=O)SCCS(=O)(=O)O. The van der Waals surface area contributed by atoms with E-state index in [-0.39, 0.29) is 16.6 Å². The Bertz CT molecular complexity index is 219. The van der Waals surface area contributed by atoms with Gasteiger partial charge in [-0.3, -0.25) is 9.35 Å². The molecule has 0 aliphatic carbocycles. The van der Waals surface area contributed by atoms with Gasteiger partial charge in [0.25, 0.3) is 10.1 Å². The number of hydrogen-bond acceptors (Lipinski definition) is 4. The number of hydrogen-bond donors (Lipinski definition) is 1. The summed E-state index contributed by atoms with van der Waals surface area (Å²) in [6.07, 6.45) is 0.385. The maximum atomic E-state index is 10.6. The van der Waals surface area contributed by atoms with E-state index in [1.807, 2.05) is 0 Å². The first-order valence-electron chi connectivity index (χ1n) is 3.06. The van der Waals surface area contributed by atoms with E-state index in [1.54, 1.807) is 6.92 Å². The molecule has 11 heavy (non-hydrogen) atoms. The average Bonchev–Trinajstić information content (AvgIpc) is 1.85. The van der Waals surface area contributed by atoms with Gasteiger partial charge < -0.3 is 0 Å². The van der Waals surface area contributed by atoms with Gasteiger partial charge in [0.1, 0.15) is 0 Å². The number of rotatable bonds is 4. The molecular formula is C5H10O4S2. The van der Waals surface area contributed by atoms with E-state index < -0.39 is 10.1 Å². The van der Waals surface area contributed by atoms with E-state index in [9.17, 15) is 13.2 Å². The summed E-state index contributed by atoms with van der Waals surface area (Å²) in [6.45, 7) is 1.70. The summed E-state index contributed by atoms with van der Waals surface area (Å²) in [4.78, 5) is 10.6. The molecule has 0 aromatic heterocycles. The van der Waals surface area contributed by atoms with Gasteiger partial charge in [-0.1, -0.05) is 18.7 Å². The minimum absolute atomic E-state index is 0.0614. The Balaban J connectivity index is 3.51. The minimum atomic E-state index is -3.90. The third-order valence-corrected chi connectivity index (χ3v) is 2.89. The van der Waals surface area contributed by atoms with Crippen molar-refractivity contribution < 1.29 is 17.8 Å². The zero-order valence-corrected chi connectivity index (χ0v) is 7.74. The summed E-state index contributed by atoms with van der Waals surface area (Å²) in [7, 11) is -3.90. The van der Waals surface area contributed by atoms with Gasteiger partial charge in [0.05, 0.1) is 5.75 Å². The van der Waals surface area contributed by atoms with Gasteiger partial charge in [0.15, 0.2) is 5.12 Å². The first-order valence-corrected chi connectivity index (χ1v) is 5.66. The molecule has 66 valence electrons. The highest BCUT2D eigenvalue weighted by molar-refractivity contribution is 8.14. The van der Waals surface area contributed by atoms with Crippen LogP contribution in [0.1, 0.15) is 13.3 Å². The van der Waals surface area contributed by atoms with Gasteiger partial charge in [-0.05, 0) is 0 Å². The molecule has 0 spiro atoms. The van der Waals surface area contributed by atoms with Crippen molar-refractivity contribution in [3.05, 3.63) is 0 Å². The average molecular weight is 198 g/mol. The predicted octanol–water partition coefficient (Wildman–Crippen LogP) is 0.544. The Morgan fingerprint density at radius 3 is 2.45 bits per heavy atom. The lowest BCUT2D eigenvalue weighted by Crippen LogP contribution is -2.07. The second-order valence-electron chi connectivity index (χ2n) is 1.86. The Morgan fingerprint density at radius 1 is 1.55 bits per heavy atom. The first kappa shape index (κ1) is 10.9. The highest BCUT2D eigenvalue weighted by Gasteiger charge is 2.05. The van der Waals surface area contributed by atoms with Gasteiger partial charge in [0, 0.05) is 12.2 Å². The van der Waals surface area contributed by atoms with Crippen molar-refractivity contribution in [1.82, 2.24) is 0 Å². The minimum Gasteiger partial charge on any atom is -0.287 e. The lowest BCUT2D eigenvalue weighted by molar-refractivity contribution is -0.110. The molecule has 6 heteroatoms. The summed E-state index contributed by atoms with van der Waals surface area (Å²) < 4.78 is 28.5. The van der Waals surface area contributed by atoms with Gasteiger partial charge in [-0.15, -0.1) is 0 Å². The van der Waals surface area contributed by atoms with E-state index in [0.29, 0.717) is 6.42 Å². The molecule has 0 aromatic carbocycles. The first-order chi connectivity index (χ1) is 4.95. The lowest BCUT2D eigenvalue weighted by atomic mass is 10.6. The Kier molecular flexibility index (Phi) is 4.71. The molecule has 0 unspecified atom stereocenters. The van der Waals surface area contributed by atoms with Crippen LogP contribution in [-0.2, 0) is 14.9 Å². The van der Waals surface area contributed by atoms with E-state index in [0.717, 1.165) is 11.8 Å². The quantitative estimate of drug-likeness (QED) is 0.668. The van der Waals surface area contributed by atoms with E-state index in [1.165, 1.54) is 0 Å². The fourth-order valence-electron chi connectivity index (χ4n) is 0.363. The van der Waals surface area contributed by atoms with Crippen LogP contribution in [0.25, 0.3) is 0 Å². The summed E-state index contributed by atoms with van der Waals surface area (Å²) in [5.41, 5.74) is 0.